The largest absolute Gasteiger partial charge is 0.294 e. The van der Waals surface area contributed by atoms with Gasteiger partial charge in [-0.15, -0.1) is 0 Å². The first-order valence-corrected chi connectivity index (χ1v) is 9.38. The Hall–Kier alpha value is -1.63. The van der Waals surface area contributed by atoms with Gasteiger partial charge in [0, 0.05) is 16.4 Å². The molecule has 2 atom stereocenters. The van der Waals surface area contributed by atoms with Crippen LogP contribution in [0.4, 0.5) is 0 Å². The number of hydrogen-bond acceptors (Lipinski definition) is 1. The lowest BCUT2D eigenvalue weighted by Crippen LogP contribution is -2.35. The van der Waals surface area contributed by atoms with Crippen molar-refractivity contribution in [3.63, 3.8) is 0 Å². The molecule has 3 rings (SSSR count). The number of Topliss-reactive ketones (excluding diaryl/α,β-unsaturated/α-hetero) is 1. The number of carbonyl (C=O) groups is 1. The fraction of sp³-hybridized carbons (Fsp3) is 0.522. The molecule has 2 saturated carbocycles. The minimum absolute atomic E-state index is 0.0542. The number of hydrogen-bond donors (Lipinski definition) is 0. The number of allylic oxidation sites excluding steroid dienone is 3. The third-order valence-corrected chi connectivity index (χ3v) is 7.20. The van der Waals surface area contributed by atoms with Crippen LogP contribution in [0.5, 0.6) is 0 Å². The van der Waals surface area contributed by atoms with E-state index in [4.69, 9.17) is 0 Å². The number of unbranched alkanes of at least 4 members (excludes halogenated alkanes) is 1. The number of carbonyl (C=O) groups excluding carboxylic acids is 1. The predicted octanol–water partition coefficient (Wildman–Crippen LogP) is 6.21. The molecule has 1 nitrogen and oxygen atoms in total. The SMILES string of the molecule is CCCCC12CCC(C)(C(=O)C1=CC=Cc1ccccc1)C2(C)C. The van der Waals surface area contributed by atoms with E-state index in [1.54, 1.807) is 0 Å². The third-order valence-electron chi connectivity index (χ3n) is 7.20. The molecule has 0 amide bonds. The van der Waals surface area contributed by atoms with Gasteiger partial charge in [0.1, 0.15) is 0 Å². The maximum atomic E-state index is 13.2. The summed E-state index contributed by atoms with van der Waals surface area (Å²) in [5.41, 5.74) is 2.20. The average molecular weight is 322 g/mol. The van der Waals surface area contributed by atoms with Crippen molar-refractivity contribution in [3.05, 3.63) is 53.6 Å². The molecule has 0 radical (unpaired) electrons. The summed E-state index contributed by atoms with van der Waals surface area (Å²) in [6.45, 7) is 9.10. The highest BCUT2D eigenvalue weighted by molar-refractivity contribution is 6.06. The molecule has 2 bridgehead atoms. The van der Waals surface area contributed by atoms with Crippen LogP contribution < -0.4 is 0 Å². The Bertz CT molecular complexity index is 679. The van der Waals surface area contributed by atoms with Crippen molar-refractivity contribution in [2.24, 2.45) is 16.2 Å². The maximum Gasteiger partial charge on any atom is 0.165 e. The van der Waals surface area contributed by atoms with Gasteiger partial charge in [-0.05, 0) is 30.2 Å². The molecule has 2 unspecified atom stereocenters. The highest BCUT2D eigenvalue weighted by Crippen LogP contribution is 2.74. The first-order chi connectivity index (χ1) is 11.4. The Morgan fingerprint density at radius 2 is 1.79 bits per heavy atom. The summed E-state index contributed by atoms with van der Waals surface area (Å²) in [4.78, 5) is 13.2. The van der Waals surface area contributed by atoms with Gasteiger partial charge < -0.3 is 0 Å². The Balaban J connectivity index is 1.98. The first kappa shape index (κ1) is 17.2. The molecule has 1 heteroatoms. The van der Waals surface area contributed by atoms with Gasteiger partial charge in [0.2, 0.25) is 0 Å². The molecule has 2 aliphatic rings. The fourth-order valence-corrected chi connectivity index (χ4v) is 5.11. The van der Waals surface area contributed by atoms with Gasteiger partial charge in [-0.2, -0.15) is 0 Å². The Morgan fingerprint density at radius 3 is 2.46 bits per heavy atom. The van der Waals surface area contributed by atoms with Gasteiger partial charge in [0.15, 0.2) is 5.78 Å². The van der Waals surface area contributed by atoms with Crippen molar-refractivity contribution in [1.29, 1.82) is 0 Å². The van der Waals surface area contributed by atoms with Gasteiger partial charge in [-0.1, -0.05) is 89.1 Å². The topological polar surface area (TPSA) is 17.1 Å². The van der Waals surface area contributed by atoms with Crippen molar-refractivity contribution in [3.8, 4) is 0 Å². The highest BCUT2D eigenvalue weighted by Gasteiger charge is 2.71. The standard InChI is InChI=1S/C23H30O/c1-5-6-15-23-17-16-22(4,21(23,2)3)20(24)19(23)14-10-13-18-11-8-7-9-12-18/h7-14H,5-6,15-17H2,1-4H3. The van der Waals surface area contributed by atoms with Crippen molar-refractivity contribution in [2.75, 3.05) is 0 Å². The van der Waals surface area contributed by atoms with E-state index in [1.807, 2.05) is 18.2 Å². The van der Waals surface area contributed by atoms with E-state index in [-0.39, 0.29) is 16.2 Å². The minimum atomic E-state index is -0.187. The summed E-state index contributed by atoms with van der Waals surface area (Å²) < 4.78 is 0. The van der Waals surface area contributed by atoms with E-state index < -0.39 is 0 Å². The molecule has 1 aromatic carbocycles. The lowest BCUT2D eigenvalue weighted by molar-refractivity contribution is -0.125. The smallest absolute Gasteiger partial charge is 0.165 e. The second kappa shape index (κ2) is 6.02. The fourth-order valence-electron chi connectivity index (χ4n) is 5.11. The summed E-state index contributed by atoms with van der Waals surface area (Å²) in [5, 5.41) is 0. The highest BCUT2D eigenvalue weighted by atomic mass is 16.1. The summed E-state index contributed by atoms with van der Waals surface area (Å²) in [7, 11) is 0. The number of ketones is 1. The minimum Gasteiger partial charge on any atom is -0.294 e. The molecule has 128 valence electrons. The number of rotatable bonds is 5. The van der Waals surface area contributed by atoms with Gasteiger partial charge in [0.05, 0.1) is 0 Å². The lowest BCUT2D eigenvalue weighted by atomic mass is 9.62. The molecule has 0 aromatic heterocycles. The zero-order valence-electron chi connectivity index (χ0n) is 15.6. The molecule has 2 aliphatic carbocycles. The van der Waals surface area contributed by atoms with Gasteiger partial charge in [-0.25, -0.2) is 0 Å². The zero-order valence-corrected chi connectivity index (χ0v) is 15.6. The van der Waals surface area contributed by atoms with E-state index in [1.165, 1.54) is 18.4 Å². The summed E-state index contributed by atoms with van der Waals surface area (Å²) in [6.07, 6.45) is 12.0. The number of fused-ring (bicyclic) bond motifs is 2. The van der Waals surface area contributed by atoms with Crippen LogP contribution in [-0.2, 0) is 4.79 Å². The van der Waals surface area contributed by atoms with E-state index in [2.05, 4.69) is 58.1 Å². The monoisotopic (exact) mass is 322 g/mol. The molecule has 0 spiro atoms. The van der Waals surface area contributed by atoms with Crippen LogP contribution in [0.25, 0.3) is 6.08 Å². The predicted molar refractivity (Wildman–Crippen MR) is 102 cm³/mol. The summed E-state index contributed by atoms with van der Waals surface area (Å²) >= 11 is 0. The van der Waals surface area contributed by atoms with Crippen molar-refractivity contribution >= 4 is 11.9 Å². The Kier molecular flexibility index (Phi) is 4.32. The third kappa shape index (κ3) is 2.24. The zero-order chi connectivity index (χ0) is 17.4. The second-order valence-corrected chi connectivity index (χ2v) is 8.32. The van der Waals surface area contributed by atoms with E-state index >= 15 is 0 Å². The van der Waals surface area contributed by atoms with Crippen LogP contribution in [0.2, 0.25) is 0 Å². The van der Waals surface area contributed by atoms with Crippen LogP contribution in [0.3, 0.4) is 0 Å². The van der Waals surface area contributed by atoms with E-state index in [0.717, 1.165) is 24.8 Å². The molecule has 0 heterocycles. The number of benzene rings is 1. The molecule has 0 saturated heterocycles. The van der Waals surface area contributed by atoms with Crippen molar-refractivity contribution in [2.45, 2.75) is 59.8 Å². The molecule has 1 aromatic rings. The molecule has 0 aliphatic heterocycles. The molecule has 24 heavy (non-hydrogen) atoms. The maximum absolute atomic E-state index is 13.2. The molecule has 0 N–H and O–H groups in total. The van der Waals surface area contributed by atoms with E-state index in [0.29, 0.717) is 5.78 Å². The van der Waals surface area contributed by atoms with Gasteiger partial charge >= 0.3 is 0 Å². The lowest BCUT2D eigenvalue weighted by Gasteiger charge is -2.40. The van der Waals surface area contributed by atoms with Gasteiger partial charge in [-0.3, -0.25) is 4.79 Å². The van der Waals surface area contributed by atoms with Crippen molar-refractivity contribution < 1.29 is 4.79 Å². The van der Waals surface area contributed by atoms with Crippen LogP contribution in [0.15, 0.2) is 48.1 Å². The average Bonchev–Trinajstić information content (AvgIpc) is 2.84. The first-order valence-electron chi connectivity index (χ1n) is 9.38. The van der Waals surface area contributed by atoms with Crippen LogP contribution >= 0.6 is 0 Å². The van der Waals surface area contributed by atoms with Gasteiger partial charge in [0.25, 0.3) is 0 Å². The normalized spacial score (nSPS) is 33.0. The van der Waals surface area contributed by atoms with Crippen LogP contribution in [0, 0.1) is 16.2 Å². The Morgan fingerprint density at radius 1 is 1.08 bits per heavy atom. The Labute approximate surface area is 146 Å². The van der Waals surface area contributed by atoms with Crippen LogP contribution in [-0.4, -0.2) is 5.78 Å². The summed E-state index contributed by atoms with van der Waals surface area (Å²) in [5.74, 6) is 0.396. The van der Waals surface area contributed by atoms with E-state index in [9.17, 15) is 4.79 Å². The molecular weight excluding hydrogens is 292 g/mol. The second-order valence-electron chi connectivity index (χ2n) is 8.32. The molecular formula is C23H30O. The van der Waals surface area contributed by atoms with Crippen LogP contribution in [0.1, 0.15) is 65.4 Å². The van der Waals surface area contributed by atoms with Crippen molar-refractivity contribution in [1.82, 2.24) is 0 Å². The quantitative estimate of drug-likeness (QED) is 0.589. The summed E-state index contributed by atoms with van der Waals surface area (Å²) in [6, 6.07) is 10.3. The molecule has 2 fully saturated rings.